The first kappa shape index (κ1) is 17.2. The highest BCUT2D eigenvalue weighted by molar-refractivity contribution is 5.32. The minimum atomic E-state index is -0.250. The van der Waals surface area contributed by atoms with Gasteiger partial charge in [-0.3, -0.25) is 14.6 Å². The normalized spacial score (nSPS) is 16.1. The lowest BCUT2D eigenvalue weighted by atomic mass is 10.0. The Balaban J connectivity index is 0.000000595. The number of likely N-dealkylation sites (tertiary alicyclic amines) is 1. The molecular formula is C15H22N4O4. The molecule has 8 heteroatoms. The Kier molecular flexibility index (Phi) is 6.76. The van der Waals surface area contributed by atoms with Crippen molar-refractivity contribution in [2.75, 3.05) is 20.1 Å². The molecule has 1 aliphatic heterocycles. The van der Waals surface area contributed by atoms with Crippen LogP contribution in [0.3, 0.4) is 0 Å². The van der Waals surface area contributed by atoms with Crippen molar-refractivity contribution in [2.45, 2.75) is 32.0 Å². The van der Waals surface area contributed by atoms with Crippen molar-refractivity contribution in [1.82, 2.24) is 19.9 Å². The number of hydrogen-bond donors (Lipinski definition) is 1. The second-order valence-electron chi connectivity index (χ2n) is 5.45. The lowest BCUT2D eigenvalue weighted by molar-refractivity contribution is -0.122. The third-order valence-electron chi connectivity index (χ3n) is 3.94. The van der Waals surface area contributed by atoms with Crippen LogP contribution in [-0.2, 0) is 17.9 Å². The van der Waals surface area contributed by atoms with Gasteiger partial charge >= 0.3 is 0 Å². The van der Waals surface area contributed by atoms with Crippen LogP contribution in [0.4, 0.5) is 0 Å². The Morgan fingerprint density at radius 1 is 1.48 bits per heavy atom. The maximum Gasteiger partial charge on any atom is 0.290 e. The Morgan fingerprint density at radius 2 is 2.22 bits per heavy atom. The number of piperidine rings is 1. The van der Waals surface area contributed by atoms with Crippen LogP contribution in [0.5, 0.6) is 0 Å². The molecule has 3 rings (SSSR count). The fourth-order valence-electron chi connectivity index (χ4n) is 2.76. The van der Waals surface area contributed by atoms with Gasteiger partial charge in [0.05, 0.1) is 19.4 Å². The predicted octanol–water partition coefficient (Wildman–Crippen LogP) is 1.46. The summed E-state index contributed by atoms with van der Waals surface area (Å²) in [6.07, 6.45) is 5.44. The number of carbonyl (C=O) groups is 1. The van der Waals surface area contributed by atoms with Crippen molar-refractivity contribution in [3.63, 3.8) is 0 Å². The summed E-state index contributed by atoms with van der Waals surface area (Å²) in [5.41, 5.74) is 0. The van der Waals surface area contributed by atoms with E-state index in [0.717, 1.165) is 50.6 Å². The zero-order chi connectivity index (χ0) is 16.5. The smallest absolute Gasteiger partial charge is 0.290 e. The van der Waals surface area contributed by atoms with Gasteiger partial charge in [-0.15, -0.1) is 0 Å². The molecule has 3 heterocycles. The maximum atomic E-state index is 8.36. The van der Waals surface area contributed by atoms with Crippen LogP contribution < -0.4 is 0 Å². The molecule has 1 saturated heterocycles. The average molecular weight is 322 g/mol. The van der Waals surface area contributed by atoms with Crippen molar-refractivity contribution in [3.05, 3.63) is 36.4 Å². The van der Waals surface area contributed by atoms with Gasteiger partial charge in [-0.1, -0.05) is 5.16 Å². The van der Waals surface area contributed by atoms with E-state index in [1.807, 2.05) is 12.1 Å². The van der Waals surface area contributed by atoms with Crippen LogP contribution in [0.1, 0.15) is 24.4 Å². The third-order valence-corrected chi connectivity index (χ3v) is 3.94. The Morgan fingerprint density at radius 3 is 2.78 bits per heavy atom. The molecule has 0 amide bonds. The van der Waals surface area contributed by atoms with E-state index in [1.54, 1.807) is 6.26 Å². The monoisotopic (exact) mass is 322 g/mol. The molecule has 0 spiro atoms. The molecule has 0 saturated carbocycles. The molecule has 1 aliphatic rings. The highest BCUT2D eigenvalue weighted by Gasteiger charge is 2.23. The van der Waals surface area contributed by atoms with Crippen molar-refractivity contribution in [2.24, 2.45) is 0 Å². The first-order valence-corrected chi connectivity index (χ1v) is 7.51. The van der Waals surface area contributed by atoms with Gasteiger partial charge in [-0.25, -0.2) is 0 Å². The van der Waals surface area contributed by atoms with Gasteiger partial charge in [-0.05, 0) is 32.0 Å². The highest BCUT2D eigenvalue weighted by Crippen LogP contribution is 2.18. The van der Waals surface area contributed by atoms with E-state index in [4.69, 9.17) is 18.8 Å². The van der Waals surface area contributed by atoms with Gasteiger partial charge in [0, 0.05) is 19.1 Å². The van der Waals surface area contributed by atoms with E-state index in [1.165, 1.54) is 6.39 Å². The molecule has 126 valence electrons. The second-order valence-corrected chi connectivity index (χ2v) is 5.45. The van der Waals surface area contributed by atoms with Crippen molar-refractivity contribution in [3.8, 4) is 0 Å². The summed E-state index contributed by atoms with van der Waals surface area (Å²) in [6.45, 7) is 3.61. The van der Waals surface area contributed by atoms with Gasteiger partial charge in [-0.2, -0.15) is 4.98 Å². The molecule has 1 fully saturated rings. The summed E-state index contributed by atoms with van der Waals surface area (Å²) in [4.78, 5) is 17.2. The molecular weight excluding hydrogens is 300 g/mol. The van der Waals surface area contributed by atoms with E-state index >= 15 is 0 Å². The minimum absolute atomic E-state index is 0.250. The Labute approximate surface area is 134 Å². The SMILES string of the molecule is CN(Cc1ncon1)C1CCN(Cc2ccco2)CC1.O=CO. The Hall–Kier alpha value is -2.19. The van der Waals surface area contributed by atoms with Gasteiger partial charge in [0.25, 0.3) is 6.47 Å². The summed E-state index contributed by atoms with van der Waals surface area (Å²) in [7, 11) is 2.13. The standard InChI is InChI=1S/C14H20N4O2.CH2O2/c1-17(10-14-15-11-20-16-14)12-4-6-18(7-5-12)9-13-3-2-8-19-13;2-1-3/h2-3,8,11-12H,4-7,9-10H2,1H3;1H,(H,2,3). The lowest BCUT2D eigenvalue weighted by Gasteiger charge is -2.35. The van der Waals surface area contributed by atoms with Crippen LogP contribution in [-0.4, -0.2) is 57.7 Å². The maximum absolute atomic E-state index is 8.36. The second kappa shape index (κ2) is 9.06. The molecule has 0 atom stereocenters. The summed E-state index contributed by atoms with van der Waals surface area (Å²) < 4.78 is 10.2. The lowest BCUT2D eigenvalue weighted by Crippen LogP contribution is -2.42. The molecule has 0 aliphatic carbocycles. The average Bonchev–Trinajstić information content (AvgIpc) is 3.23. The zero-order valence-corrected chi connectivity index (χ0v) is 13.2. The first-order valence-electron chi connectivity index (χ1n) is 7.51. The van der Waals surface area contributed by atoms with Gasteiger partial charge in [0.1, 0.15) is 5.76 Å². The van der Waals surface area contributed by atoms with Crippen LogP contribution in [0.15, 0.2) is 33.7 Å². The number of nitrogens with zero attached hydrogens (tertiary/aromatic N) is 4. The number of aromatic nitrogens is 2. The topological polar surface area (TPSA) is 95.8 Å². The molecule has 23 heavy (non-hydrogen) atoms. The summed E-state index contributed by atoms with van der Waals surface area (Å²) in [5.74, 6) is 1.80. The fraction of sp³-hybridized carbons (Fsp3) is 0.533. The quantitative estimate of drug-likeness (QED) is 0.827. The number of rotatable bonds is 5. The molecule has 0 bridgehead atoms. The molecule has 0 radical (unpaired) electrons. The predicted molar refractivity (Wildman–Crippen MR) is 81.5 cm³/mol. The van der Waals surface area contributed by atoms with E-state index in [2.05, 4.69) is 27.0 Å². The molecule has 0 aromatic carbocycles. The minimum Gasteiger partial charge on any atom is -0.483 e. The largest absolute Gasteiger partial charge is 0.483 e. The fourth-order valence-corrected chi connectivity index (χ4v) is 2.76. The van der Waals surface area contributed by atoms with Gasteiger partial charge in [0.15, 0.2) is 5.82 Å². The molecule has 0 unspecified atom stereocenters. The van der Waals surface area contributed by atoms with Crippen molar-refractivity contribution >= 4 is 6.47 Å². The van der Waals surface area contributed by atoms with Crippen LogP contribution in [0, 0.1) is 0 Å². The summed E-state index contributed by atoms with van der Waals surface area (Å²) >= 11 is 0. The van der Waals surface area contributed by atoms with E-state index < -0.39 is 0 Å². The van der Waals surface area contributed by atoms with Gasteiger partial charge in [0.2, 0.25) is 6.39 Å². The third kappa shape index (κ3) is 5.50. The zero-order valence-electron chi connectivity index (χ0n) is 13.2. The summed E-state index contributed by atoms with van der Waals surface area (Å²) in [6, 6.07) is 4.57. The highest BCUT2D eigenvalue weighted by atomic mass is 16.5. The molecule has 2 aromatic heterocycles. The van der Waals surface area contributed by atoms with Crippen molar-refractivity contribution < 1.29 is 18.8 Å². The van der Waals surface area contributed by atoms with Crippen LogP contribution in [0.25, 0.3) is 0 Å². The van der Waals surface area contributed by atoms with E-state index in [0.29, 0.717) is 6.04 Å². The van der Waals surface area contributed by atoms with Crippen molar-refractivity contribution in [1.29, 1.82) is 0 Å². The van der Waals surface area contributed by atoms with Gasteiger partial charge < -0.3 is 14.0 Å². The summed E-state index contributed by atoms with van der Waals surface area (Å²) in [5, 5.41) is 10.8. The van der Waals surface area contributed by atoms with Crippen LogP contribution in [0.2, 0.25) is 0 Å². The first-order chi connectivity index (χ1) is 11.2. The van der Waals surface area contributed by atoms with E-state index in [-0.39, 0.29) is 6.47 Å². The number of carboxylic acid groups (broad SMARTS) is 1. The molecule has 8 nitrogen and oxygen atoms in total. The molecule has 1 N–H and O–H groups in total. The van der Waals surface area contributed by atoms with Crippen LogP contribution >= 0.6 is 0 Å². The van der Waals surface area contributed by atoms with E-state index in [9.17, 15) is 0 Å². The Bertz CT molecular complexity index is 536. The number of hydrogen-bond acceptors (Lipinski definition) is 7. The molecule has 2 aromatic rings. The number of furan rings is 1.